The zero-order valence-electron chi connectivity index (χ0n) is 12.9. The minimum Gasteiger partial charge on any atom is -0.332 e. The molecule has 0 aromatic heterocycles. The molecule has 0 radical (unpaired) electrons. The van der Waals surface area contributed by atoms with E-state index in [0.717, 1.165) is 24.9 Å². The van der Waals surface area contributed by atoms with Gasteiger partial charge in [-0.25, -0.2) is 0 Å². The number of hydrogen-bond acceptors (Lipinski definition) is 2. The van der Waals surface area contributed by atoms with Crippen LogP contribution in [0.15, 0.2) is 60.7 Å². The second-order valence-electron chi connectivity index (χ2n) is 5.63. The van der Waals surface area contributed by atoms with Gasteiger partial charge in [-0.05, 0) is 36.1 Å². The quantitative estimate of drug-likeness (QED) is 0.806. The van der Waals surface area contributed by atoms with Gasteiger partial charge >= 0.3 is 0 Å². The second kappa shape index (κ2) is 6.93. The van der Waals surface area contributed by atoms with Crippen LogP contribution in [0.1, 0.15) is 35.6 Å². The van der Waals surface area contributed by atoms with E-state index in [1.54, 1.807) is 18.2 Å². The highest BCUT2D eigenvalue weighted by atomic mass is 16.2. The van der Waals surface area contributed by atoms with E-state index in [2.05, 4.69) is 18.2 Å². The number of benzene rings is 2. The largest absolute Gasteiger partial charge is 0.332 e. The Bertz CT molecular complexity index is 759. The van der Waals surface area contributed by atoms with E-state index in [4.69, 9.17) is 5.26 Å². The number of carbonyl (C=O) groups is 1. The maximum atomic E-state index is 12.6. The summed E-state index contributed by atoms with van der Waals surface area (Å²) in [6.45, 7) is 0.780. The number of hydrogen-bond donors (Lipinski definition) is 0. The Balaban J connectivity index is 1.78. The predicted octanol–water partition coefficient (Wildman–Crippen LogP) is 3.94. The van der Waals surface area contributed by atoms with Crippen molar-refractivity contribution in [1.82, 2.24) is 4.90 Å². The smallest absolute Gasteiger partial charge is 0.247 e. The predicted molar refractivity (Wildman–Crippen MR) is 90.3 cm³/mol. The molecule has 3 nitrogen and oxygen atoms in total. The number of carbonyl (C=O) groups excluding carboxylic acids is 1. The summed E-state index contributed by atoms with van der Waals surface area (Å²) < 4.78 is 0. The molecule has 0 aliphatic carbocycles. The molecule has 2 aromatic rings. The van der Waals surface area contributed by atoms with Crippen molar-refractivity contribution < 1.29 is 4.79 Å². The fourth-order valence-corrected chi connectivity index (χ4v) is 3.05. The first-order valence-electron chi connectivity index (χ1n) is 7.82. The van der Waals surface area contributed by atoms with Crippen LogP contribution >= 0.6 is 0 Å². The summed E-state index contributed by atoms with van der Waals surface area (Å²) in [4.78, 5) is 14.5. The molecule has 0 bridgehead atoms. The lowest BCUT2D eigenvalue weighted by atomic mass is 10.0. The Morgan fingerprint density at radius 3 is 2.65 bits per heavy atom. The lowest BCUT2D eigenvalue weighted by molar-refractivity contribution is -0.126. The van der Waals surface area contributed by atoms with Crippen molar-refractivity contribution in [3.63, 3.8) is 0 Å². The van der Waals surface area contributed by atoms with Gasteiger partial charge in [0.1, 0.15) is 0 Å². The fraction of sp³-hybridized carbons (Fsp3) is 0.200. The van der Waals surface area contributed by atoms with Gasteiger partial charge < -0.3 is 4.90 Å². The molecule has 0 saturated carbocycles. The maximum Gasteiger partial charge on any atom is 0.247 e. The van der Waals surface area contributed by atoms with Crippen molar-refractivity contribution in [2.75, 3.05) is 6.54 Å². The first kappa shape index (κ1) is 15.1. The van der Waals surface area contributed by atoms with E-state index in [1.165, 1.54) is 5.56 Å². The Labute approximate surface area is 136 Å². The standard InChI is InChI=1S/C20H18N2O/c21-15-18-10-5-4-7-16(18)12-13-20(23)22-14-6-11-19(22)17-8-2-1-3-9-17/h1-5,7-10,12-13,19H,6,11,14H2/b13-12+. The number of rotatable bonds is 3. The van der Waals surface area contributed by atoms with Crippen molar-refractivity contribution >= 4 is 12.0 Å². The van der Waals surface area contributed by atoms with Crippen LogP contribution in [0.5, 0.6) is 0 Å². The monoisotopic (exact) mass is 302 g/mol. The normalized spacial score (nSPS) is 17.3. The number of amides is 1. The summed E-state index contributed by atoms with van der Waals surface area (Å²) in [5, 5.41) is 9.11. The highest BCUT2D eigenvalue weighted by Crippen LogP contribution is 2.31. The third kappa shape index (κ3) is 3.32. The van der Waals surface area contributed by atoms with Crippen molar-refractivity contribution in [2.24, 2.45) is 0 Å². The first-order valence-corrected chi connectivity index (χ1v) is 7.82. The molecule has 1 atom stereocenters. The van der Waals surface area contributed by atoms with Gasteiger partial charge in [-0.1, -0.05) is 48.5 Å². The fourth-order valence-electron chi connectivity index (χ4n) is 3.05. The summed E-state index contributed by atoms with van der Waals surface area (Å²) in [7, 11) is 0. The van der Waals surface area contributed by atoms with Gasteiger partial charge in [0.15, 0.2) is 0 Å². The van der Waals surface area contributed by atoms with Crippen LogP contribution in [0.4, 0.5) is 0 Å². The highest BCUT2D eigenvalue weighted by molar-refractivity contribution is 5.92. The lowest BCUT2D eigenvalue weighted by Crippen LogP contribution is -2.28. The molecule has 114 valence electrons. The average Bonchev–Trinajstić information content (AvgIpc) is 3.10. The SMILES string of the molecule is N#Cc1ccccc1/C=C/C(=O)N1CCCC1c1ccccc1. The molecule has 0 spiro atoms. The Kier molecular flexibility index (Phi) is 4.54. The molecule has 1 unspecified atom stereocenters. The van der Waals surface area contributed by atoms with E-state index < -0.39 is 0 Å². The van der Waals surface area contributed by atoms with E-state index in [-0.39, 0.29) is 11.9 Å². The molecule has 0 N–H and O–H groups in total. The van der Waals surface area contributed by atoms with Crippen molar-refractivity contribution in [1.29, 1.82) is 5.26 Å². The zero-order valence-corrected chi connectivity index (χ0v) is 12.9. The van der Waals surface area contributed by atoms with Gasteiger partial charge in [-0.15, -0.1) is 0 Å². The van der Waals surface area contributed by atoms with E-state index in [0.29, 0.717) is 5.56 Å². The molecule has 1 saturated heterocycles. The summed E-state index contributed by atoms with van der Waals surface area (Å²) in [5.41, 5.74) is 2.54. The van der Waals surface area contributed by atoms with Crippen LogP contribution in [-0.4, -0.2) is 17.4 Å². The van der Waals surface area contributed by atoms with E-state index in [9.17, 15) is 4.79 Å². The van der Waals surface area contributed by atoms with Crippen LogP contribution in [0.2, 0.25) is 0 Å². The van der Waals surface area contributed by atoms with Crippen LogP contribution < -0.4 is 0 Å². The third-order valence-electron chi connectivity index (χ3n) is 4.21. The Morgan fingerprint density at radius 1 is 1.13 bits per heavy atom. The number of nitrogens with zero attached hydrogens (tertiary/aromatic N) is 2. The maximum absolute atomic E-state index is 12.6. The van der Waals surface area contributed by atoms with Gasteiger partial charge in [0.25, 0.3) is 0 Å². The first-order chi connectivity index (χ1) is 11.3. The van der Waals surface area contributed by atoms with Gasteiger partial charge in [-0.3, -0.25) is 4.79 Å². The number of nitriles is 1. The van der Waals surface area contributed by atoms with Crippen molar-refractivity contribution in [3.05, 3.63) is 77.4 Å². The Hall–Kier alpha value is -2.86. The molecular formula is C20H18N2O. The minimum atomic E-state index is 0.00379. The van der Waals surface area contributed by atoms with Crippen LogP contribution in [-0.2, 0) is 4.79 Å². The van der Waals surface area contributed by atoms with E-state index in [1.807, 2.05) is 41.3 Å². The lowest BCUT2D eigenvalue weighted by Gasteiger charge is -2.23. The van der Waals surface area contributed by atoms with Crippen molar-refractivity contribution in [2.45, 2.75) is 18.9 Å². The summed E-state index contributed by atoms with van der Waals surface area (Å²) in [6, 6.07) is 19.8. The number of likely N-dealkylation sites (tertiary alicyclic amines) is 1. The molecule has 1 amide bonds. The molecule has 2 aromatic carbocycles. The van der Waals surface area contributed by atoms with E-state index >= 15 is 0 Å². The second-order valence-corrected chi connectivity index (χ2v) is 5.63. The third-order valence-corrected chi connectivity index (χ3v) is 4.21. The molecule has 3 rings (SSSR count). The molecule has 1 heterocycles. The topological polar surface area (TPSA) is 44.1 Å². The zero-order chi connectivity index (χ0) is 16.1. The molecule has 1 aliphatic heterocycles. The molecule has 1 fully saturated rings. The van der Waals surface area contributed by atoms with Crippen molar-refractivity contribution in [3.8, 4) is 6.07 Å². The average molecular weight is 302 g/mol. The van der Waals surface area contributed by atoms with Gasteiger partial charge in [-0.2, -0.15) is 5.26 Å². The Morgan fingerprint density at radius 2 is 1.87 bits per heavy atom. The van der Waals surface area contributed by atoms with Crippen LogP contribution in [0.3, 0.4) is 0 Å². The summed E-state index contributed by atoms with van der Waals surface area (Å²) >= 11 is 0. The van der Waals surface area contributed by atoms with Gasteiger partial charge in [0, 0.05) is 12.6 Å². The summed E-state index contributed by atoms with van der Waals surface area (Å²) in [5.74, 6) is 0.00379. The van der Waals surface area contributed by atoms with Crippen LogP contribution in [0, 0.1) is 11.3 Å². The molecule has 3 heteroatoms. The molecule has 1 aliphatic rings. The summed E-state index contributed by atoms with van der Waals surface area (Å²) in [6.07, 6.45) is 5.34. The molecule has 23 heavy (non-hydrogen) atoms. The molecular weight excluding hydrogens is 284 g/mol. The highest BCUT2D eigenvalue weighted by Gasteiger charge is 2.28. The van der Waals surface area contributed by atoms with Gasteiger partial charge in [0.2, 0.25) is 5.91 Å². The van der Waals surface area contributed by atoms with Gasteiger partial charge in [0.05, 0.1) is 17.7 Å². The van der Waals surface area contributed by atoms with Crippen LogP contribution in [0.25, 0.3) is 6.08 Å². The minimum absolute atomic E-state index is 0.00379.